The summed E-state index contributed by atoms with van der Waals surface area (Å²) in [6, 6.07) is 0.715. The molecule has 3 unspecified atom stereocenters. The molecule has 0 aromatic heterocycles. The lowest BCUT2D eigenvalue weighted by molar-refractivity contribution is -0.127. The van der Waals surface area contributed by atoms with Gasteiger partial charge in [-0.15, -0.1) is 0 Å². The van der Waals surface area contributed by atoms with Crippen molar-refractivity contribution in [2.75, 3.05) is 13.1 Å². The molecule has 3 rings (SSSR count). The lowest BCUT2D eigenvalue weighted by Crippen LogP contribution is -2.40. The van der Waals surface area contributed by atoms with Crippen molar-refractivity contribution in [3.63, 3.8) is 0 Å². The first-order valence-electron chi connectivity index (χ1n) is 15.9. The van der Waals surface area contributed by atoms with Gasteiger partial charge in [-0.1, -0.05) is 70.1 Å². The van der Waals surface area contributed by atoms with Gasteiger partial charge in [0.2, 0.25) is 0 Å². The van der Waals surface area contributed by atoms with E-state index in [2.05, 4.69) is 18.4 Å². The Bertz CT molecular complexity index is 996. The fourth-order valence-electron chi connectivity index (χ4n) is 6.68. The Labute approximate surface area is 254 Å². The number of allylic oxidation sites excluding steroid dienone is 9. The van der Waals surface area contributed by atoms with Crippen LogP contribution in [0.5, 0.6) is 0 Å². The third kappa shape index (κ3) is 11.8. The molecule has 0 aromatic rings. The van der Waals surface area contributed by atoms with Gasteiger partial charge in [0.05, 0.1) is 5.57 Å². The first-order chi connectivity index (χ1) is 19.7. The second-order valence-electron chi connectivity index (χ2n) is 12.3. The highest BCUT2D eigenvalue weighted by molar-refractivity contribution is 5.87. The molecule has 0 radical (unpaired) electrons. The van der Waals surface area contributed by atoms with Crippen LogP contribution >= 0.6 is 0 Å². The van der Waals surface area contributed by atoms with Crippen LogP contribution in [0.2, 0.25) is 0 Å². The second-order valence-corrected chi connectivity index (χ2v) is 12.3. The molecule has 2 aliphatic carbocycles. The normalized spacial score (nSPS) is 25.8. The maximum Gasteiger partial charge on any atom is 0.416 e. The Morgan fingerprint density at radius 2 is 1.69 bits per heavy atom. The van der Waals surface area contributed by atoms with Crippen molar-refractivity contribution in [2.45, 2.75) is 125 Å². The van der Waals surface area contributed by atoms with Crippen molar-refractivity contribution in [1.82, 2.24) is 4.90 Å². The maximum absolute atomic E-state index is 12.5. The number of piperidine rings is 1. The molecule has 0 amide bonds. The number of rotatable bonds is 9. The second kappa shape index (κ2) is 18.5. The lowest BCUT2D eigenvalue weighted by atomic mass is 9.77. The Balaban J connectivity index is 0.000000339. The number of halogens is 3. The number of likely N-dealkylation sites (tertiary alicyclic amines) is 1. The molecule has 0 spiro atoms. The number of carbonyl (C=O) groups is 2. The first-order valence-corrected chi connectivity index (χ1v) is 15.9. The molecule has 1 heterocycles. The van der Waals surface area contributed by atoms with Crippen molar-refractivity contribution in [3.8, 4) is 0 Å². The van der Waals surface area contributed by atoms with Gasteiger partial charge in [0.1, 0.15) is 5.78 Å². The van der Waals surface area contributed by atoms with Crippen LogP contribution < -0.4 is 0 Å². The molecule has 1 aliphatic heterocycles. The zero-order chi connectivity index (χ0) is 31.9. The molecule has 0 aromatic carbocycles. The average molecular weight is 592 g/mol. The van der Waals surface area contributed by atoms with Crippen molar-refractivity contribution >= 4 is 11.6 Å². The number of ketones is 2. The van der Waals surface area contributed by atoms with Crippen molar-refractivity contribution in [3.05, 3.63) is 59.8 Å². The number of alkyl halides is 3. The monoisotopic (exact) mass is 591 g/mol. The highest BCUT2D eigenvalue weighted by Gasteiger charge is 2.54. The van der Waals surface area contributed by atoms with Crippen LogP contribution in [0.25, 0.3) is 0 Å². The van der Waals surface area contributed by atoms with Crippen LogP contribution in [-0.4, -0.2) is 41.8 Å². The molecule has 3 nitrogen and oxygen atoms in total. The van der Waals surface area contributed by atoms with Gasteiger partial charge >= 0.3 is 6.18 Å². The van der Waals surface area contributed by atoms with E-state index < -0.39 is 11.7 Å². The van der Waals surface area contributed by atoms with Crippen LogP contribution in [0.3, 0.4) is 0 Å². The lowest BCUT2D eigenvalue weighted by Gasteiger charge is -2.36. The summed E-state index contributed by atoms with van der Waals surface area (Å²) in [5.41, 5.74) is 1.20. The zero-order valence-corrected chi connectivity index (χ0v) is 27.3. The van der Waals surface area contributed by atoms with E-state index in [1.54, 1.807) is 6.08 Å². The standard InChI is InChI=1S/C16H27NO.C13H19F3.C7H10O/c1-12-5-8-17(9-6-12)15-10-14-4-3-7-16(14,11-15)13(2)18;1-5-8-10(4)11(6-2)9-12(7-3)13(14,15)16;1-3-4-5-6-7(2)8/h12,14-15H,3-11H2,1-2H3;7,9H,3,5-6,8H2,1-2,4H3;3-6H,1-2H3/b;11-10+,12-9+;4-3-,6-5-. The first kappa shape index (κ1) is 37.8. The molecular weight excluding hydrogens is 535 g/mol. The van der Waals surface area contributed by atoms with Gasteiger partial charge in [0.15, 0.2) is 5.78 Å². The van der Waals surface area contributed by atoms with Crippen LogP contribution in [0.1, 0.15) is 113 Å². The number of fused-ring (bicyclic) bond motifs is 1. The van der Waals surface area contributed by atoms with E-state index in [0.29, 0.717) is 24.2 Å². The van der Waals surface area contributed by atoms with Crippen LogP contribution in [0, 0.1) is 17.3 Å². The summed E-state index contributed by atoms with van der Waals surface area (Å²) in [6.07, 6.45) is 16.0. The van der Waals surface area contributed by atoms with Gasteiger partial charge in [0, 0.05) is 11.5 Å². The number of Topliss-reactive ketones (excluding diaryl/α,β-unsaturated/α-hetero) is 1. The van der Waals surface area contributed by atoms with Crippen LogP contribution in [-0.2, 0) is 9.59 Å². The summed E-state index contributed by atoms with van der Waals surface area (Å²) in [5, 5.41) is 0. The van der Waals surface area contributed by atoms with Gasteiger partial charge in [-0.2, -0.15) is 13.2 Å². The molecule has 0 N–H and O–H groups in total. The Hall–Kier alpha value is -2.21. The number of hydrogen-bond donors (Lipinski definition) is 0. The van der Waals surface area contributed by atoms with E-state index in [-0.39, 0.29) is 11.2 Å². The molecule has 3 fully saturated rings. The van der Waals surface area contributed by atoms with Crippen molar-refractivity contribution < 1.29 is 22.8 Å². The highest BCUT2D eigenvalue weighted by Crippen LogP contribution is 2.56. The van der Waals surface area contributed by atoms with E-state index in [9.17, 15) is 22.8 Å². The topological polar surface area (TPSA) is 37.4 Å². The third-order valence-electron chi connectivity index (χ3n) is 9.21. The summed E-state index contributed by atoms with van der Waals surface area (Å²) in [5.74, 6) is 2.18. The molecule has 42 heavy (non-hydrogen) atoms. The predicted molar refractivity (Wildman–Crippen MR) is 170 cm³/mol. The maximum atomic E-state index is 12.5. The van der Waals surface area contributed by atoms with Crippen LogP contribution in [0.15, 0.2) is 59.8 Å². The molecule has 6 heteroatoms. The summed E-state index contributed by atoms with van der Waals surface area (Å²) in [4.78, 5) is 25.0. The van der Waals surface area contributed by atoms with Crippen LogP contribution in [0.4, 0.5) is 13.2 Å². The zero-order valence-electron chi connectivity index (χ0n) is 27.3. The summed E-state index contributed by atoms with van der Waals surface area (Å²) >= 11 is 0. The van der Waals surface area contributed by atoms with E-state index in [0.717, 1.165) is 36.0 Å². The minimum Gasteiger partial charge on any atom is -0.300 e. The molecule has 0 bridgehead atoms. The quantitative estimate of drug-likeness (QED) is 0.198. The largest absolute Gasteiger partial charge is 0.416 e. The van der Waals surface area contributed by atoms with Crippen molar-refractivity contribution in [2.24, 2.45) is 17.3 Å². The molecule has 3 atom stereocenters. The minimum absolute atomic E-state index is 0.0862. The summed E-state index contributed by atoms with van der Waals surface area (Å²) < 4.78 is 37.5. The fraction of sp³-hybridized carbons (Fsp3) is 0.667. The fourth-order valence-corrected chi connectivity index (χ4v) is 6.68. The summed E-state index contributed by atoms with van der Waals surface area (Å²) in [7, 11) is 0. The SMILES string of the molecule is C/C=C\C=C/C(C)=O.C=C/C(=C\C(CC)=C(/C)CCC)C(F)(F)F.CC(=O)C12CCCC1CC(N1CCC(C)CC1)C2. The van der Waals surface area contributed by atoms with Crippen molar-refractivity contribution in [1.29, 1.82) is 0 Å². The Kier molecular flexibility index (Phi) is 16.6. The number of nitrogens with zero attached hydrogens (tertiary/aromatic N) is 1. The van der Waals surface area contributed by atoms with Gasteiger partial charge < -0.3 is 4.90 Å². The Morgan fingerprint density at radius 1 is 1.05 bits per heavy atom. The highest BCUT2D eigenvalue weighted by atomic mass is 19.4. The molecule has 3 aliphatic rings. The minimum atomic E-state index is -4.31. The number of carbonyl (C=O) groups excluding carboxylic acids is 2. The van der Waals surface area contributed by atoms with Gasteiger partial charge in [-0.25, -0.2) is 0 Å². The van der Waals surface area contributed by atoms with Gasteiger partial charge in [-0.05, 0) is 122 Å². The molecule has 1 saturated heterocycles. The van der Waals surface area contributed by atoms with E-state index in [4.69, 9.17) is 0 Å². The average Bonchev–Trinajstić information content (AvgIpc) is 3.49. The molecule has 2 saturated carbocycles. The number of hydrogen-bond acceptors (Lipinski definition) is 3. The predicted octanol–water partition coefficient (Wildman–Crippen LogP) is 10.2. The third-order valence-corrected chi connectivity index (χ3v) is 9.21. The van der Waals surface area contributed by atoms with E-state index in [1.807, 2.05) is 46.8 Å². The smallest absolute Gasteiger partial charge is 0.300 e. The van der Waals surface area contributed by atoms with Gasteiger partial charge in [-0.3, -0.25) is 9.59 Å². The van der Waals surface area contributed by atoms with E-state index in [1.165, 1.54) is 77.1 Å². The van der Waals surface area contributed by atoms with Gasteiger partial charge in [0.25, 0.3) is 0 Å². The summed E-state index contributed by atoms with van der Waals surface area (Å²) in [6.45, 7) is 19.2. The molecule has 238 valence electrons. The molecular formula is C36H56F3NO2. The van der Waals surface area contributed by atoms with E-state index >= 15 is 0 Å². The Morgan fingerprint density at radius 3 is 2.14 bits per heavy atom.